The van der Waals surface area contributed by atoms with Gasteiger partial charge in [-0.2, -0.15) is 0 Å². The van der Waals surface area contributed by atoms with E-state index in [9.17, 15) is 8.42 Å². The van der Waals surface area contributed by atoms with Crippen molar-refractivity contribution in [3.63, 3.8) is 0 Å². The molecule has 0 saturated carbocycles. The summed E-state index contributed by atoms with van der Waals surface area (Å²) in [5.41, 5.74) is 0.849. The Morgan fingerprint density at radius 1 is 1.05 bits per heavy atom. The summed E-state index contributed by atoms with van der Waals surface area (Å²) in [5, 5.41) is 0.00758. The Bertz CT molecular complexity index is 764. The summed E-state index contributed by atoms with van der Waals surface area (Å²) >= 11 is 12.1. The molecule has 1 atom stereocenters. The highest BCUT2D eigenvalue weighted by molar-refractivity contribution is 7.89. The van der Waals surface area contributed by atoms with Gasteiger partial charge >= 0.3 is 0 Å². The third kappa shape index (κ3) is 3.55. The highest BCUT2D eigenvalue weighted by atomic mass is 35.5. The molecule has 0 amide bonds. The largest absolute Gasteiger partial charge is 0.495 e. The van der Waals surface area contributed by atoms with Crippen molar-refractivity contribution in [3.8, 4) is 5.75 Å². The van der Waals surface area contributed by atoms with E-state index in [0.29, 0.717) is 5.75 Å². The van der Waals surface area contributed by atoms with Gasteiger partial charge in [-0.3, -0.25) is 0 Å². The summed E-state index contributed by atoms with van der Waals surface area (Å²) in [4.78, 5) is -0.0808. The quantitative estimate of drug-likeness (QED) is 0.876. The van der Waals surface area contributed by atoms with E-state index >= 15 is 0 Å². The van der Waals surface area contributed by atoms with E-state index in [1.165, 1.54) is 19.2 Å². The van der Waals surface area contributed by atoms with Gasteiger partial charge in [0, 0.05) is 6.04 Å². The minimum Gasteiger partial charge on any atom is -0.495 e. The first-order valence-corrected chi connectivity index (χ1v) is 8.70. The smallest absolute Gasteiger partial charge is 0.242 e. The van der Waals surface area contributed by atoms with Crippen LogP contribution in [0.4, 0.5) is 0 Å². The molecule has 22 heavy (non-hydrogen) atoms. The number of hydrogen-bond donors (Lipinski definition) is 1. The SMILES string of the molecule is COc1ccc(S(=O)(=O)N[C@@H](C)c2ccccc2)c(Cl)c1Cl. The average molecular weight is 360 g/mol. The highest BCUT2D eigenvalue weighted by Crippen LogP contribution is 2.36. The molecule has 0 saturated heterocycles. The van der Waals surface area contributed by atoms with E-state index < -0.39 is 16.1 Å². The van der Waals surface area contributed by atoms with Crippen molar-refractivity contribution in [1.82, 2.24) is 4.72 Å². The van der Waals surface area contributed by atoms with E-state index in [1.54, 1.807) is 6.92 Å². The molecule has 118 valence electrons. The molecule has 2 aromatic carbocycles. The maximum atomic E-state index is 12.5. The van der Waals surface area contributed by atoms with Gasteiger partial charge in [0.05, 0.1) is 12.1 Å². The van der Waals surface area contributed by atoms with Crippen molar-refractivity contribution in [1.29, 1.82) is 0 Å². The molecule has 4 nitrogen and oxygen atoms in total. The van der Waals surface area contributed by atoms with Gasteiger partial charge in [-0.15, -0.1) is 0 Å². The summed E-state index contributed by atoms with van der Waals surface area (Å²) in [6, 6.07) is 11.7. The summed E-state index contributed by atoms with van der Waals surface area (Å²) in [6.45, 7) is 1.76. The third-order valence-corrected chi connectivity index (χ3v) is 5.71. The Balaban J connectivity index is 2.34. The lowest BCUT2D eigenvalue weighted by Gasteiger charge is -2.16. The normalized spacial score (nSPS) is 12.9. The van der Waals surface area contributed by atoms with E-state index in [-0.39, 0.29) is 14.9 Å². The fourth-order valence-corrected chi connectivity index (χ4v) is 4.06. The van der Waals surface area contributed by atoms with Crippen LogP contribution in [0.25, 0.3) is 0 Å². The molecule has 0 heterocycles. The molecule has 0 aliphatic carbocycles. The lowest BCUT2D eigenvalue weighted by Crippen LogP contribution is -2.27. The van der Waals surface area contributed by atoms with Gasteiger partial charge in [-0.25, -0.2) is 13.1 Å². The number of nitrogens with one attached hydrogen (secondary N) is 1. The van der Waals surface area contributed by atoms with Crippen molar-refractivity contribution in [2.45, 2.75) is 17.9 Å². The number of sulfonamides is 1. The number of hydrogen-bond acceptors (Lipinski definition) is 3. The second-order valence-electron chi connectivity index (χ2n) is 4.65. The average Bonchev–Trinajstić information content (AvgIpc) is 2.50. The molecule has 0 aliphatic rings. The Morgan fingerprint density at radius 2 is 1.68 bits per heavy atom. The van der Waals surface area contributed by atoms with Gasteiger partial charge in [0.2, 0.25) is 10.0 Å². The van der Waals surface area contributed by atoms with Crippen LogP contribution in [0.3, 0.4) is 0 Å². The van der Waals surface area contributed by atoms with Crippen LogP contribution in [-0.4, -0.2) is 15.5 Å². The molecule has 2 aromatic rings. The van der Waals surface area contributed by atoms with Crippen LogP contribution in [0.15, 0.2) is 47.4 Å². The van der Waals surface area contributed by atoms with E-state index in [0.717, 1.165) is 5.56 Å². The predicted octanol–water partition coefficient (Wildman–Crippen LogP) is 4.04. The first kappa shape index (κ1) is 17.1. The molecule has 0 aromatic heterocycles. The minimum atomic E-state index is -3.81. The van der Waals surface area contributed by atoms with Gasteiger partial charge in [0.25, 0.3) is 0 Å². The molecule has 0 bridgehead atoms. The fourth-order valence-electron chi connectivity index (χ4n) is 1.99. The summed E-state index contributed by atoms with van der Waals surface area (Å²) in [7, 11) is -2.38. The van der Waals surface area contributed by atoms with Crippen molar-refractivity contribution in [2.75, 3.05) is 7.11 Å². The van der Waals surface area contributed by atoms with Crippen molar-refractivity contribution >= 4 is 33.2 Å². The van der Waals surface area contributed by atoms with Crippen LogP contribution in [0.5, 0.6) is 5.75 Å². The van der Waals surface area contributed by atoms with Crippen LogP contribution >= 0.6 is 23.2 Å². The lowest BCUT2D eigenvalue weighted by molar-refractivity contribution is 0.414. The maximum absolute atomic E-state index is 12.5. The molecule has 7 heteroatoms. The second-order valence-corrected chi connectivity index (χ2v) is 7.09. The summed E-state index contributed by atoms with van der Waals surface area (Å²) in [6.07, 6.45) is 0. The number of ether oxygens (including phenoxy) is 1. The first-order chi connectivity index (χ1) is 10.4. The first-order valence-electron chi connectivity index (χ1n) is 6.46. The maximum Gasteiger partial charge on any atom is 0.242 e. The van der Waals surface area contributed by atoms with E-state index in [2.05, 4.69) is 4.72 Å². The molecule has 0 unspecified atom stereocenters. The van der Waals surface area contributed by atoms with Crippen LogP contribution in [0.2, 0.25) is 10.0 Å². The monoisotopic (exact) mass is 359 g/mol. The molecular formula is C15H15Cl2NO3S. The van der Waals surface area contributed by atoms with Gasteiger partial charge in [-0.05, 0) is 24.6 Å². The third-order valence-electron chi connectivity index (χ3n) is 3.15. The van der Waals surface area contributed by atoms with Gasteiger partial charge in [-0.1, -0.05) is 53.5 Å². The van der Waals surface area contributed by atoms with Crippen molar-refractivity contribution < 1.29 is 13.2 Å². The zero-order valence-electron chi connectivity index (χ0n) is 12.0. The Hall–Kier alpha value is -1.27. The molecule has 0 spiro atoms. The number of benzene rings is 2. The number of halogens is 2. The van der Waals surface area contributed by atoms with Crippen molar-refractivity contribution in [2.24, 2.45) is 0 Å². The van der Waals surface area contributed by atoms with E-state index in [4.69, 9.17) is 27.9 Å². The molecule has 1 N–H and O–H groups in total. The van der Waals surface area contributed by atoms with Gasteiger partial charge in [0.15, 0.2) is 0 Å². The van der Waals surface area contributed by atoms with Gasteiger partial charge < -0.3 is 4.74 Å². The van der Waals surface area contributed by atoms with Crippen molar-refractivity contribution in [3.05, 3.63) is 58.1 Å². The second kappa shape index (κ2) is 6.87. The van der Waals surface area contributed by atoms with Crippen LogP contribution in [0.1, 0.15) is 18.5 Å². The topological polar surface area (TPSA) is 55.4 Å². The minimum absolute atomic E-state index is 0.0613. The molecule has 0 fully saturated rings. The highest BCUT2D eigenvalue weighted by Gasteiger charge is 2.24. The predicted molar refractivity (Wildman–Crippen MR) is 88.2 cm³/mol. The molecule has 2 rings (SSSR count). The van der Waals surface area contributed by atoms with Crippen LogP contribution < -0.4 is 9.46 Å². The van der Waals surface area contributed by atoms with Gasteiger partial charge in [0.1, 0.15) is 15.7 Å². The molecule has 0 radical (unpaired) electrons. The lowest BCUT2D eigenvalue weighted by atomic mass is 10.1. The standard InChI is InChI=1S/C15H15Cl2NO3S/c1-10(11-6-4-3-5-7-11)18-22(19,20)13-9-8-12(21-2)14(16)15(13)17/h3-10,18H,1-2H3/t10-/m0/s1. The number of rotatable bonds is 5. The summed E-state index contributed by atoms with van der Waals surface area (Å²) in [5.74, 6) is 0.321. The zero-order valence-corrected chi connectivity index (χ0v) is 14.3. The fraction of sp³-hybridized carbons (Fsp3) is 0.200. The Labute approximate surface area is 140 Å². The Kier molecular flexibility index (Phi) is 5.34. The zero-order chi connectivity index (χ0) is 16.3. The number of methoxy groups -OCH3 is 1. The van der Waals surface area contributed by atoms with Crippen LogP contribution in [0, 0.1) is 0 Å². The van der Waals surface area contributed by atoms with E-state index in [1.807, 2.05) is 30.3 Å². The van der Waals surface area contributed by atoms with Crippen LogP contribution in [-0.2, 0) is 10.0 Å². The molecular weight excluding hydrogens is 345 g/mol. The summed E-state index contributed by atoms with van der Waals surface area (Å²) < 4.78 is 32.6. The molecule has 0 aliphatic heterocycles. The Morgan fingerprint density at radius 3 is 2.27 bits per heavy atom.